The van der Waals surface area contributed by atoms with Crippen molar-refractivity contribution in [2.75, 3.05) is 20.3 Å². The summed E-state index contributed by atoms with van der Waals surface area (Å²) < 4.78 is 44.4. The summed E-state index contributed by atoms with van der Waals surface area (Å²) in [5, 5.41) is 168. The molecule has 0 radical (unpaired) electrons. The predicted octanol–water partition coefficient (Wildman–Crippen LogP) is 3.70. The number of carboxylic acids is 1. The number of likely N-dealkylation sites (N-methyl/N-ethyl adjacent to an activating group) is 1. The number of aliphatic carboxylic acids is 1. The average molecular weight is 1700 g/mol. The molecule has 36 nitrogen and oxygen atoms in total. The molecule has 120 heavy (non-hydrogen) atoms. The Labute approximate surface area is 693 Å². The number of carboxylic acid groups (broad SMARTS) is 1. The fourth-order valence-corrected chi connectivity index (χ4v) is 15.5. The van der Waals surface area contributed by atoms with Crippen LogP contribution in [0.2, 0.25) is 10.0 Å². The summed E-state index contributed by atoms with van der Waals surface area (Å²) >= 11 is 14.2. The Balaban J connectivity index is 1.04. The number of rotatable bonds is 17. The third-order valence-electron chi connectivity index (χ3n) is 21.4. The minimum atomic E-state index is -2.42. The maximum absolute atomic E-state index is 16.7. The molecule has 8 aliphatic rings. The number of carbonyl (C=O) groups excluding carboxylic acids is 7. The van der Waals surface area contributed by atoms with Crippen LogP contribution in [0, 0.1) is 5.92 Å². The van der Waals surface area contributed by atoms with Crippen LogP contribution in [0.25, 0.3) is 11.1 Å². The first-order valence-electron chi connectivity index (χ1n) is 38.4. The molecule has 8 aliphatic heterocycles. The van der Waals surface area contributed by atoms with E-state index in [9.17, 15) is 80.8 Å². The number of aromatic hydroxyl groups is 4. The molecule has 2 fully saturated rings. The molecule has 21 N–H and O–H groups in total. The van der Waals surface area contributed by atoms with E-state index >= 15 is 24.0 Å². The van der Waals surface area contributed by atoms with Crippen LogP contribution < -0.4 is 66.2 Å². The average Bonchev–Trinajstić information content (AvgIpc) is 0.756. The van der Waals surface area contributed by atoms with Crippen molar-refractivity contribution < 1.29 is 138 Å². The summed E-state index contributed by atoms with van der Waals surface area (Å²) in [4.78, 5) is 122. The van der Waals surface area contributed by atoms with Gasteiger partial charge in [-0.05, 0) is 120 Å². The van der Waals surface area contributed by atoms with E-state index in [-0.39, 0.29) is 41.2 Å². The van der Waals surface area contributed by atoms with Crippen molar-refractivity contribution in [1.82, 2.24) is 42.5 Å². The summed E-state index contributed by atoms with van der Waals surface area (Å²) in [7, 11) is 1.43. The van der Waals surface area contributed by atoms with Crippen molar-refractivity contribution in [1.29, 1.82) is 0 Å². The molecule has 0 spiro atoms. The number of amides is 7. The van der Waals surface area contributed by atoms with E-state index in [1.54, 1.807) is 0 Å². The minimum Gasteiger partial charge on any atom is -0.508 e. The first kappa shape index (κ1) is 86.5. The normalized spacial score (nSPS) is 26.8. The lowest BCUT2D eigenvalue weighted by molar-refractivity contribution is -0.277. The number of unbranched alkanes of at least 4 members (excludes halogenated alkanes) is 4. The van der Waals surface area contributed by atoms with Crippen LogP contribution in [0.15, 0.2) is 115 Å². The number of carbonyl (C=O) groups is 8. The molecule has 638 valence electrons. The van der Waals surface area contributed by atoms with Crippen LogP contribution in [-0.4, -0.2) is 207 Å². The van der Waals surface area contributed by atoms with Gasteiger partial charge in [-0.3, -0.25) is 33.6 Å². The topological polar surface area (TPSA) is 560 Å². The Morgan fingerprint density at radius 1 is 0.533 bits per heavy atom. The Kier molecular flexibility index (Phi) is 26.4. The van der Waals surface area contributed by atoms with Crippen LogP contribution in [0.5, 0.6) is 69.0 Å². The smallest absolute Gasteiger partial charge is 0.330 e. The lowest BCUT2D eigenvalue weighted by atomic mass is 9.89. The van der Waals surface area contributed by atoms with Crippen LogP contribution in [-0.2, 0) is 54.3 Å². The van der Waals surface area contributed by atoms with Gasteiger partial charge in [0.05, 0.1) is 23.3 Å². The van der Waals surface area contributed by atoms with Gasteiger partial charge in [0, 0.05) is 47.2 Å². The summed E-state index contributed by atoms with van der Waals surface area (Å²) in [6.45, 7) is 2.30. The summed E-state index contributed by atoms with van der Waals surface area (Å²) in [5.74, 6) is -16.5. The second kappa shape index (κ2) is 36.7. The van der Waals surface area contributed by atoms with Crippen molar-refractivity contribution in [2.24, 2.45) is 5.92 Å². The van der Waals surface area contributed by atoms with E-state index in [0.717, 1.165) is 98.5 Å². The highest BCUT2D eigenvalue weighted by atomic mass is 35.5. The maximum Gasteiger partial charge on any atom is 0.330 e. The third kappa shape index (κ3) is 18.5. The number of phenols is 4. The minimum absolute atomic E-state index is 0.0840. The Bertz CT molecular complexity index is 5080. The van der Waals surface area contributed by atoms with Crippen molar-refractivity contribution in [3.8, 4) is 80.1 Å². The van der Waals surface area contributed by atoms with E-state index in [1.165, 1.54) is 49.5 Å². The lowest BCUT2D eigenvalue weighted by Gasteiger charge is -2.42. The van der Waals surface area contributed by atoms with Gasteiger partial charge in [-0.2, -0.15) is 0 Å². The number of halogens is 2. The van der Waals surface area contributed by atoms with Crippen molar-refractivity contribution in [3.05, 3.63) is 164 Å². The molecule has 2 saturated heterocycles. The largest absolute Gasteiger partial charge is 0.508 e. The highest BCUT2D eigenvalue weighted by Crippen LogP contribution is 2.50. The number of benzene rings is 7. The molecule has 0 saturated carbocycles. The van der Waals surface area contributed by atoms with Gasteiger partial charge in [-0.15, -0.1) is 0 Å². The van der Waals surface area contributed by atoms with E-state index < -0.39 is 265 Å². The number of aliphatic hydroxyl groups excluding tert-OH is 8. The second-order valence-corrected chi connectivity index (χ2v) is 31.0. The van der Waals surface area contributed by atoms with Crippen LogP contribution >= 0.6 is 23.2 Å². The first-order valence-corrected chi connectivity index (χ1v) is 39.2. The number of phenolic OH excluding ortho intramolecular Hbond substituents is 4. The van der Waals surface area contributed by atoms with Crippen molar-refractivity contribution in [2.45, 2.75) is 175 Å². The zero-order valence-electron chi connectivity index (χ0n) is 64.2. The van der Waals surface area contributed by atoms with E-state index in [2.05, 4.69) is 56.4 Å². The van der Waals surface area contributed by atoms with Gasteiger partial charge in [-0.1, -0.05) is 99.5 Å². The number of hydrogen-bond donors (Lipinski definition) is 21. The molecule has 7 amide bonds. The number of ether oxygens (including phenoxy) is 7. The molecule has 0 unspecified atom stereocenters. The quantitative estimate of drug-likeness (QED) is 0.0578. The summed E-state index contributed by atoms with van der Waals surface area (Å²) in [5.41, 5.74) is -3.05. The molecule has 18 atom stereocenters. The molecule has 0 aliphatic carbocycles. The zero-order chi connectivity index (χ0) is 86.0. The molecular weight excluding hydrogens is 1620 g/mol. The standard InChI is InChI=1S/C82H88Cl2N8O28/c1-33(2)9-7-5-4-6-8-10-57(99)87-66-70(103)68(101)55(31-93)118-81(66)120-73-53-25-38-26-54(73)116-50-20-15-37(23-45(50)83)67(100)65-79(111)91-64(80(112)113)43-27-39(95)28-52(117-82-72(105)71(104)69(102)56(32-94)119-82)58(43)42-22-35(13-18-47(42)96)61(76(108)92-65)88-77(109)62(38)89-78(110)63-44-29-41(30-49(98)59(44)84)115-51-24-36(14-19-48(51)97)60(85-3)75(107)86-46(74(106)90-63)21-34-11-16-40(114-53)17-12-34/h11-20,22-30,33,46,55-56,60-72,81-82,85,93-98,100-105H,4-10,21,31-32H2,1-3H3,(H,86,107)(H,87,99)(H,88,109)(H,89,110)(H,90,106)(H,91,111)(H,92,108)(H,112,113)/t46-,55-,56-,60+,61-,62-,63+,64+,65+,66-,67-,68-,69-,70-,71+,72+,81+,82+/m1/s1. The highest BCUT2D eigenvalue weighted by Gasteiger charge is 2.50. The zero-order valence-corrected chi connectivity index (χ0v) is 65.7. The number of fused-ring (bicyclic) bond motifs is 14. The van der Waals surface area contributed by atoms with E-state index in [0.29, 0.717) is 24.3 Å². The van der Waals surface area contributed by atoms with Crippen LogP contribution in [0.4, 0.5) is 0 Å². The SMILES string of the molecule is CN[C@@H]1C(=O)N[C@@H]2Cc3ccc(cc3)Oc3cc4cc(c3O[C@@H]3O[C@H](CO)[C@@H](O)[C@H](O)[C@H]3NC(=O)CCCCCCCC(C)C)Oc3ccc(cc3Cl)[C@@H](O)[C@@H]3NC(=O)[C@H](NC(=O)[C@@H]4NC(=O)[C@@H](NC2=O)c2cc(cc(O)c2Cl)Oc2cc1ccc2O)c1ccc(O)c(c1)-c1c(O[C@H]2O[C@H](CO)[C@@H](O)[C@H](O)[C@@H]2O)cc(O)cc1[C@@H](C(=O)O)NC3=O. The highest BCUT2D eigenvalue weighted by molar-refractivity contribution is 6.33. The Morgan fingerprint density at radius 2 is 1.15 bits per heavy atom. The molecule has 7 aromatic rings. The van der Waals surface area contributed by atoms with Crippen molar-refractivity contribution in [3.63, 3.8) is 0 Å². The Morgan fingerprint density at radius 3 is 1.84 bits per heavy atom. The molecule has 38 heteroatoms. The number of aliphatic hydroxyl groups is 8. The predicted molar refractivity (Wildman–Crippen MR) is 418 cm³/mol. The monoisotopic (exact) mass is 1700 g/mol. The summed E-state index contributed by atoms with van der Waals surface area (Å²) in [6.07, 6.45) is -15.5. The van der Waals surface area contributed by atoms with Gasteiger partial charge in [0.2, 0.25) is 59.7 Å². The maximum atomic E-state index is 16.7. The molecular formula is C82H88Cl2N8O28. The lowest BCUT2D eigenvalue weighted by Crippen LogP contribution is -2.65. The molecule has 8 heterocycles. The van der Waals surface area contributed by atoms with Gasteiger partial charge in [0.15, 0.2) is 29.0 Å². The molecule has 7 aromatic carbocycles. The first-order chi connectivity index (χ1) is 57.3. The van der Waals surface area contributed by atoms with Crippen molar-refractivity contribution >= 4 is 70.5 Å². The van der Waals surface area contributed by atoms with Gasteiger partial charge in [0.1, 0.15) is 131 Å². The second-order valence-electron chi connectivity index (χ2n) is 30.2. The Hall–Kier alpha value is -11.4. The van der Waals surface area contributed by atoms with E-state index in [1.807, 2.05) is 0 Å². The van der Waals surface area contributed by atoms with Gasteiger partial charge in [-0.25, -0.2) is 4.79 Å². The van der Waals surface area contributed by atoms with Crippen LogP contribution in [0.1, 0.15) is 134 Å². The third-order valence-corrected chi connectivity index (χ3v) is 22.1. The number of nitrogens with one attached hydrogen (secondary N) is 8. The fourth-order valence-electron chi connectivity index (χ4n) is 15.0. The molecule has 15 rings (SSSR count). The van der Waals surface area contributed by atoms with Gasteiger partial charge in [0.25, 0.3) is 0 Å². The van der Waals surface area contributed by atoms with Crippen LogP contribution in [0.3, 0.4) is 0 Å². The van der Waals surface area contributed by atoms with Gasteiger partial charge < -0.3 is 142 Å². The fraction of sp³-hybridized carbons (Fsp3) is 0.390. The van der Waals surface area contributed by atoms with E-state index in [4.69, 9.17) is 56.4 Å². The van der Waals surface area contributed by atoms with Gasteiger partial charge >= 0.3 is 5.97 Å². The molecule has 0 aromatic heterocycles. The molecule has 17 bridgehead atoms. The summed E-state index contributed by atoms with van der Waals surface area (Å²) in [6, 6.07) is 5.31. The number of hydrogen-bond acceptors (Lipinski definition) is 28.